The Morgan fingerprint density at radius 2 is 2.13 bits per heavy atom. The van der Waals surface area contributed by atoms with E-state index in [-0.39, 0.29) is 31.4 Å². The van der Waals surface area contributed by atoms with Crippen LogP contribution >= 0.6 is 22.9 Å². The highest BCUT2D eigenvalue weighted by Gasteiger charge is 2.25. The Morgan fingerprint density at radius 3 is 2.97 bits per heavy atom. The fourth-order valence-electron chi connectivity index (χ4n) is 3.19. The second-order valence-electron chi connectivity index (χ2n) is 6.99. The van der Waals surface area contributed by atoms with E-state index in [1.165, 1.54) is 11.3 Å². The van der Waals surface area contributed by atoms with Gasteiger partial charge >= 0.3 is 0 Å². The average molecular weight is 442 g/mol. The summed E-state index contributed by atoms with van der Waals surface area (Å²) < 4.78 is 5.43. The Balaban J connectivity index is 1.34. The van der Waals surface area contributed by atoms with Gasteiger partial charge in [0.2, 0.25) is 5.91 Å². The topological polar surface area (TPSA) is 71.5 Å². The van der Waals surface area contributed by atoms with Crippen LogP contribution in [0.3, 0.4) is 0 Å². The summed E-state index contributed by atoms with van der Waals surface area (Å²) in [6.07, 6.45) is 2.63. The number of para-hydroxylation sites is 2. The summed E-state index contributed by atoms with van der Waals surface area (Å²) in [5.41, 5.74) is 2.82. The van der Waals surface area contributed by atoms with E-state index < -0.39 is 0 Å². The molecule has 30 heavy (non-hydrogen) atoms. The van der Waals surface area contributed by atoms with Gasteiger partial charge in [0.05, 0.1) is 5.69 Å². The summed E-state index contributed by atoms with van der Waals surface area (Å²) in [4.78, 5) is 31.5. The van der Waals surface area contributed by atoms with Crippen molar-refractivity contribution in [1.82, 2.24) is 4.98 Å². The summed E-state index contributed by atoms with van der Waals surface area (Å²) in [6.45, 7) is 2.23. The number of ether oxygens (including phenoxy) is 1. The molecule has 0 saturated carbocycles. The fourth-order valence-corrected chi connectivity index (χ4v) is 4.25. The predicted octanol–water partition coefficient (Wildman–Crippen LogP) is 4.45. The van der Waals surface area contributed by atoms with Crippen molar-refractivity contribution in [3.05, 3.63) is 69.7 Å². The van der Waals surface area contributed by atoms with E-state index in [1.807, 2.05) is 49.4 Å². The van der Waals surface area contributed by atoms with E-state index in [9.17, 15) is 9.59 Å². The van der Waals surface area contributed by atoms with Gasteiger partial charge in [0.15, 0.2) is 11.7 Å². The number of halogens is 1. The van der Waals surface area contributed by atoms with Crippen LogP contribution in [0.5, 0.6) is 5.75 Å². The number of amides is 2. The largest absolute Gasteiger partial charge is 0.482 e. The Kier molecular flexibility index (Phi) is 6.01. The van der Waals surface area contributed by atoms with Crippen LogP contribution in [0.1, 0.15) is 22.4 Å². The molecule has 154 valence electrons. The van der Waals surface area contributed by atoms with E-state index in [0.717, 1.165) is 21.0 Å². The molecule has 8 heteroatoms. The van der Waals surface area contributed by atoms with Crippen molar-refractivity contribution in [1.29, 1.82) is 0 Å². The number of fused-ring (bicyclic) bond motifs is 1. The second kappa shape index (κ2) is 8.85. The average Bonchev–Trinajstić information content (AvgIpc) is 3.16. The van der Waals surface area contributed by atoms with Crippen LogP contribution in [-0.2, 0) is 16.0 Å². The number of nitrogens with zero attached hydrogens (tertiary/aromatic N) is 2. The maximum absolute atomic E-state index is 12.4. The van der Waals surface area contributed by atoms with Crippen molar-refractivity contribution in [2.75, 3.05) is 23.4 Å². The number of benzene rings is 2. The first-order chi connectivity index (χ1) is 14.5. The number of anilines is 2. The van der Waals surface area contributed by atoms with Crippen LogP contribution in [0.15, 0.2) is 48.7 Å². The van der Waals surface area contributed by atoms with Gasteiger partial charge < -0.3 is 15.0 Å². The number of thiazole rings is 1. The highest BCUT2D eigenvalue weighted by Crippen LogP contribution is 2.31. The number of hydrogen-bond donors (Lipinski definition) is 1. The standard InChI is InChI=1S/C22H20ClN3O3S/c1-14-6-7-15(11-17(14)23)10-16-12-24-22(30-16)25-20(27)8-9-26-18-4-2-3-5-19(18)29-13-21(26)28/h2-7,11-12H,8-10,13H2,1H3,(H,24,25,27). The van der Waals surface area contributed by atoms with E-state index in [4.69, 9.17) is 16.3 Å². The zero-order valence-corrected chi connectivity index (χ0v) is 17.9. The second-order valence-corrected chi connectivity index (χ2v) is 8.51. The van der Waals surface area contributed by atoms with Gasteiger partial charge in [-0.25, -0.2) is 4.98 Å². The van der Waals surface area contributed by atoms with Crippen molar-refractivity contribution in [2.45, 2.75) is 19.8 Å². The van der Waals surface area contributed by atoms with Gasteiger partial charge in [-0.15, -0.1) is 11.3 Å². The van der Waals surface area contributed by atoms with Crippen LogP contribution in [0.2, 0.25) is 5.02 Å². The molecule has 4 rings (SSSR count). The molecule has 1 N–H and O–H groups in total. The summed E-state index contributed by atoms with van der Waals surface area (Å²) in [5.74, 6) is 0.305. The van der Waals surface area contributed by atoms with Crippen LogP contribution in [0, 0.1) is 6.92 Å². The van der Waals surface area contributed by atoms with Crippen molar-refractivity contribution in [3.63, 3.8) is 0 Å². The minimum Gasteiger partial charge on any atom is -0.482 e. The van der Waals surface area contributed by atoms with Crippen LogP contribution in [-0.4, -0.2) is 29.9 Å². The van der Waals surface area contributed by atoms with Crippen LogP contribution in [0.4, 0.5) is 10.8 Å². The number of nitrogens with one attached hydrogen (secondary N) is 1. The lowest BCUT2D eigenvalue weighted by atomic mass is 10.1. The number of carbonyl (C=O) groups is 2. The molecule has 2 amide bonds. The van der Waals surface area contributed by atoms with Gasteiger partial charge in [0.25, 0.3) is 5.91 Å². The Morgan fingerprint density at radius 1 is 1.30 bits per heavy atom. The first kappa shape index (κ1) is 20.4. The maximum atomic E-state index is 12.4. The Hall–Kier alpha value is -2.90. The molecule has 0 fully saturated rings. The smallest absolute Gasteiger partial charge is 0.265 e. The molecule has 1 aliphatic heterocycles. The molecule has 0 unspecified atom stereocenters. The Labute approximate surface area is 183 Å². The molecule has 1 aromatic heterocycles. The highest BCUT2D eigenvalue weighted by molar-refractivity contribution is 7.15. The molecule has 2 heterocycles. The molecule has 0 spiro atoms. The SMILES string of the molecule is Cc1ccc(Cc2cnc(NC(=O)CCN3C(=O)COc4ccccc43)s2)cc1Cl. The van der Waals surface area contributed by atoms with E-state index >= 15 is 0 Å². The number of carbonyl (C=O) groups excluding carboxylic acids is 2. The van der Waals surface area contributed by atoms with E-state index in [0.29, 0.717) is 23.0 Å². The lowest BCUT2D eigenvalue weighted by Crippen LogP contribution is -2.40. The van der Waals surface area contributed by atoms with Crippen molar-refractivity contribution >= 4 is 45.6 Å². The quantitative estimate of drug-likeness (QED) is 0.613. The number of aromatic nitrogens is 1. The molecule has 0 saturated heterocycles. The van der Waals surface area contributed by atoms with Crippen LogP contribution in [0.25, 0.3) is 0 Å². The lowest BCUT2D eigenvalue weighted by molar-refractivity contribution is -0.121. The zero-order chi connectivity index (χ0) is 21.1. The van der Waals surface area contributed by atoms with Crippen molar-refractivity contribution < 1.29 is 14.3 Å². The third kappa shape index (κ3) is 4.63. The van der Waals surface area contributed by atoms with E-state index in [2.05, 4.69) is 10.3 Å². The summed E-state index contributed by atoms with van der Waals surface area (Å²) in [6, 6.07) is 13.3. The van der Waals surface area contributed by atoms with Gasteiger partial charge in [0.1, 0.15) is 5.75 Å². The molecule has 6 nitrogen and oxygen atoms in total. The first-order valence-corrected chi connectivity index (χ1v) is 10.7. The summed E-state index contributed by atoms with van der Waals surface area (Å²) >= 11 is 7.62. The van der Waals surface area contributed by atoms with Gasteiger partial charge in [0, 0.05) is 35.5 Å². The summed E-state index contributed by atoms with van der Waals surface area (Å²) in [7, 11) is 0. The van der Waals surface area contributed by atoms with Crippen molar-refractivity contribution in [3.8, 4) is 5.75 Å². The van der Waals surface area contributed by atoms with Crippen molar-refractivity contribution in [2.24, 2.45) is 0 Å². The van der Waals surface area contributed by atoms with E-state index in [1.54, 1.807) is 11.1 Å². The lowest BCUT2D eigenvalue weighted by Gasteiger charge is -2.29. The molecule has 0 aliphatic carbocycles. The monoisotopic (exact) mass is 441 g/mol. The first-order valence-electron chi connectivity index (χ1n) is 9.51. The predicted molar refractivity (Wildman–Crippen MR) is 119 cm³/mol. The maximum Gasteiger partial charge on any atom is 0.265 e. The molecule has 3 aromatic rings. The van der Waals surface area contributed by atoms with Gasteiger partial charge in [-0.3, -0.25) is 9.59 Å². The molecule has 0 atom stereocenters. The zero-order valence-electron chi connectivity index (χ0n) is 16.4. The van der Waals surface area contributed by atoms with Crippen LogP contribution < -0.4 is 15.0 Å². The minimum absolute atomic E-state index is 0.0164. The fraction of sp³-hybridized carbons (Fsp3) is 0.227. The molecule has 2 aromatic carbocycles. The third-order valence-electron chi connectivity index (χ3n) is 4.79. The number of hydrogen-bond acceptors (Lipinski definition) is 5. The Bertz CT molecular complexity index is 1100. The minimum atomic E-state index is -0.189. The molecular formula is C22H20ClN3O3S. The summed E-state index contributed by atoms with van der Waals surface area (Å²) in [5, 5.41) is 4.10. The number of rotatable bonds is 6. The highest BCUT2D eigenvalue weighted by atomic mass is 35.5. The molecule has 1 aliphatic rings. The molecule has 0 radical (unpaired) electrons. The van der Waals surface area contributed by atoms with Gasteiger partial charge in [-0.05, 0) is 36.2 Å². The normalized spacial score (nSPS) is 13.0. The molecule has 0 bridgehead atoms. The molecular weight excluding hydrogens is 422 g/mol. The third-order valence-corrected chi connectivity index (χ3v) is 6.11. The van der Waals surface area contributed by atoms with Gasteiger partial charge in [-0.2, -0.15) is 0 Å². The number of aryl methyl sites for hydroxylation is 1. The van der Waals surface area contributed by atoms with Gasteiger partial charge in [-0.1, -0.05) is 35.9 Å².